The van der Waals surface area contributed by atoms with Crippen molar-refractivity contribution in [3.8, 4) is 0 Å². The molecule has 1 saturated carbocycles. The van der Waals surface area contributed by atoms with Crippen LogP contribution < -0.4 is 11.1 Å². The molecule has 0 saturated heterocycles. The molecule has 1 aliphatic carbocycles. The first kappa shape index (κ1) is 13.7. The topological polar surface area (TPSA) is 38.0 Å². The maximum absolute atomic E-state index is 13.2. The lowest BCUT2D eigenvalue weighted by Crippen LogP contribution is -2.06. The molecule has 1 fully saturated rings. The molecule has 1 aromatic rings. The van der Waals surface area contributed by atoms with Crippen LogP contribution in [0.25, 0.3) is 0 Å². The highest BCUT2D eigenvalue weighted by Crippen LogP contribution is 2.29. The minimum atomic E-state index is -0.316. The molecular formula is C14H20BrFN2. The van der Waals surface area contributed by atoms with Crippen LogP contribution in [0, 0.1) is 11.7 Å². The predicted octanol–water partition coefficient (Wildman–Crippen LogP) is 4.55. The molecule has 0 heterocycles. The molecule has 0 aliphatic heterocycles. The van der Waals surface area contributed by atoms with Gasteiger partial charge in [0.05, 0.1) is 15.8 Å². The molecule has 2 rings (SSSR count). The smallest absolute Gasteiger partial charge is 0.139 e. The van der Waals surface area contributed by atoms with Crippen molar-refractivity contribution in [2.24, 2.45) is 5.92 Å². The van der Waals surface area contributed by atoms with Gasteiger partial charge in [-0.1, -0.05) is 25.7 Å². The van der Waals surface area contributed by atoms with Crippen molar-refractivity contribution in [3.05, 3.63) is 22.4 Å². The Morgan fingerprint density at radius 3 is 2.78 bits per heavy atom. The van der Waals surface area contributed by atoms with Crippen LogP contribution in [0.2, 0.25) is 0 Å². The van der Waals surface area contributed by atoms with Crippen LogP contribution >= 0.6 is 15.9 Å². The fraction of sp³-hybridized carbons (Fsp3) is 0.571. The van der Waals surface area contributed by atoms with Crippen LogP contribution in [0.3, 0.4) is 0 Å². The fourth-order valence-electron chi connectivity index (χ4n) is 2.63. The predicted molar refractivity (Wildman–Crippen MR) is 78.2 cm³/mol. The number of hydrogen-bond acceptors (Lipinski definition) is 2. The van der Waals surface area contributed by atoms with Gasteiger partial charge in [-0.2, -0.15) is 0 Å². The van der Waals surface area contributed by atoms with E-state index in [0.717, 1.165) is 24.6 Å². The minimum Gasteiger partial charge on any atom is -0.397 e. The van der Waals surface area contributed by atoms with Crippen molar-refractivity contribution in [2.45, 2.75) is 38.5 Å². The highest BCUT2D eigenvalue weighted by molar-refractivity contribution is 9.10. The molecule has 0 aromatic heterocycles. The van der Waals surface area contributed by atoms with Gasteiger partial charge in [0.15, 0.2) is 0 Å². The molecule has 3 N–H and O–H groups in total. The summed E-state index contributed by atoms with van der Waals surface area (Å²) in [4.78, 5) is 0. The van der Waals surface area contributed by atoms with Gasteiger partial charge in [0.25, 0.3) is 0 Å². The average molecular weight is 315 g/mol. The Bertz CT molecular complexity index is 403. The van der Waals surface area contributed by atoms with E-state index < -0.39 is 0 Å². The molecule has 4 heteroatoms. The molecule has 2 nitrogen and oxygen atoms in total. The molecular weight excluding hydrogens is 295 g/mol. The molecule has 0 radical (unpaired) electrons. The SMILES string of the molecule is Nc1cc(F)c(Br)cc1NCCCC1CCCC1. The Kier molecular flexibility index (Phi) is 4.87. The van der Waals surface area contributed by atoms with Gasteiger partial charge in [-0.25, -0.2) is 4.39 Å². The maximum Gasteiger partial charge on any atom is 0.139 e. The summed E-state index contributed by atoms with van der Waals surface area (Å²) in [6, 6.07) is 3.06. The standard InChI is InChI=1S/C14H20BrFN2/c15-11-8-14(13(17)9-12(11)16)18-7-3-6-10-4-1-2-5-10/h8-10,18H,1-7,17H2. The molecule has 0 atom stereocenters. The molecule has 100 valence electrons. The van der Waals surface area contributed by atoms with Gasteiger partial charge in [-0.15, -0.1) is 0 Å². The van der Waals surface area contributed by atoms with Crippen molar-refractivity contribution in [1.82, 2.24) is 0 Å². The minimum absolute atomic E-state index is 0.316. The van der Waals surface area contributed by atoms with Gasteiger partial charge in [0.1, 0.15) is 5.82 Å². The van der Waals surface area contributed by atoms with Crippen LogP contribution in [0.5, 0.6) is 0 Å². The molecule has 0 bridgehead atoms. The Labute approximate surface area is 116 Å². The van der Waals surface area contributed by atoms with E-state index in [-0.39, 0.29) is 5.82 Å². The molecule has 0 unspecified atom stereocenters. The summed E-state index contributed by atoms with van der Waals surface area (Å²) >= 11 is 3.17. The van der Waals surface area contributed by atoms with E-state index >= 15 is 0 Å². The van der Waals surface area contributed by atoms with Gasteiger partial charge < -0.3 is 11.1 Å². The van der Waals surface area contributed by atoms with Crippen LogP contribution in [0.1, 0.15) is 38.5 Å². The third-order valence-corrected chi connectivity index (χ3v) is 4.28. The average Bonchev–Trinajstić information content (AvgIpc) is 2.84. The summed E-state index contributed by atoms with van der Waals surface area (Å²) in [5.74, 6) is 0.605. The number of nitrogens with one attached hydrogen (secondary N) is 1. The summed E-state index contributed by atoms with van der Waals surface area (Å²) in [6.07, 6.45) is 8.02. The van der Waals surface area contributed by atoms with Gasteiger partial charge in [0, 0.05) is 12.6 Å². The maximum atomic E-state index is 13.2. The number of anilines is 2. The second kappa shape index (κ2) is 6.41. The van der Waals surface area contributed by atoms with Crippen LogP contribution in [0.4, 0.5) is 15.8 Å². The number of nitrogens with two attached hydrogens (primary N) is 1. The van der Waals surface area contributed by atoms with E-state index in [4.69, 9.17) is 5.73 Å². The van der Waals surface area contributed by atoms with Crippen LogP contribution in [-0.2, 0) is 0 Å². The van der Waals surface area contributed by atoms with Crippen molar-refractivity contribution < 1.29 is 4.39 Å². The quantitative estimate of drug-likeness (QED) is 0.618. The zero-order chi connectivity index (χ0) is 13.0. The fourth-order valence-corrected chi connectivity index (χ4v) is 2.97. The van der Waals surface area contributed by atoms with Crippen molar-refractivity contribution in [3.63, 3.8) is 0 Å². The van der Waals surface area contributed by atoms with Crippen LogP contribution in [0.15, 0.2) is 16.6 Å². The van der Waals surface area contributed by atoms with Gasteiger partial charge in [0.2, 0.25) is 0 Å². The number of nitrogen functional groups attached to an aromatic ring is 1. The van der Waals surface area contributed by atoms with Crippen molar-refractivity contribution >= 4 is 27.3 Å². The molecule has 18 heavy (non-hydrogen) atoms. The van der Waals surface area contributed by atoms with E-state index in [2.05, 4.69) is 21.2 Å². The summed E-state index contributed by atoms with van der Waals surface area (Å²) in [5.41, 5.74) is 7.05. The number of halogens is 2. The largest absolute Gasteiger partial charge is 0.397 e. The summed E-state index contributed by atoms with van der Waals surface area (Å²) in [7, 11) is 0. The first-order valence-corrected chi connectivity index (χ1v) is 7.44. The second-order valence-corrected chi connectivity index (χ2v) is 5.93. The normalized spacial score (nSPS) is 16.1. The number of hydrogen-bond donors (Lipinski definition) is 2. The van der Waals surface area contributed by atoms with E-state index in [9.17, 15) is 4.39 Å². The van der Waals surface area contributed by atoms with E-state index in [1.807, 2.05) is 0 Å². The van der Waals surface area contributed by atoms with Gasteiger partial charge in [-0.3, -0.25) is 0 Å². The monoisotopic (exact) mass is 314 g/mol. The van der Waals surface area contributed by atoms with Crippen molar-refractivity contribution in [2.75, 3.05) is 17.6 Å². The first-order valence-electron chi connectivity index (χ1n) is 6.65. The molecule has 1 aromatic carbocycles. The summed E-state index contributed by atoms with van der Waals surface area (Å²) in [5, 5.41) is 3.28. The summed E-state index contributed by atoms with van der Waals surface area (Å²) < 4.78 is 13.7. The molecule has 0 spiro atoms. The first-order chi connectivity index (χ1) is 8.66. The van der Waals surface area contributed by atoms with E-state index in [1.165, 1.54) is 38.2 Å². The second-order valence-electron chi connectivity index (χ2n) is 5.07. The Morgan fingerprint density at radius 2 is 2.06 bits per heavy atom. The number of benzene rings is 1. The lowest BCUT2D eigenvalue weighted by molar-refractivity contribution is 0.491. The Morgan fingerprint density at radius 1 is 1.33 bits per heavy atom. The summed E-state index contributed by atoms with van der Waals surface area (Å²) in [6.45, 7) is 0.902. The Hall–Kier alpha value is -0.770. The van der Waals surface area contributed by atoms with Crippen molar-refractivity contribution in [1.29, 1.82) is 0 Å². The lowest BCUT2D eigenvalue weighted by Gasteiger charge is -2.12. The highest BCUT2D eigenvalue weighted by atomic mass is 79.9. The molecule has 1 aliphatic rings. The van der Waals surface area contributed by atoms with Gasteiger partial charge in [-0.05, 0) is 40.8 Å². The van der Waals surface area contributed by atoms with E-state index in [0.29, 0.717) is 10.2 Å². The number of rotatable bonds is 5. The van der Waals surface area contributed by atoms with E-state index in [1.54, 1.807) is 6.07 Å². The van der Waals surface area contributed by atoms with Crippen LogP contribution in [-0.4, -0.2) is 6.54 Å². The Balaban J connectivity index is 1.77. The zero-order valence-corrected chi connectivity index (χ0v) is 12.1. The lowest BCUT2D eigenvalue weighted by atomic mass is 10.0. The third kappa shape index (κ3) is 3.61. The molecule has 0 amide bonds. The third-order valence-electron chi connectivity index (χ3n) is 3.67. The van der Waals surface area contributed by atoms with Gasteiger partial charge >= 0.3 is 0 Å². The highest BCUT2D eigenvalue weighted by Gasteiger charge is 2.14. The zero-order valence-electron chi connectivity index (χ0n) is 10.5.